The topological polar surface area (TPSA) is 58.1 Å². The molecular weight excluding hydrogens is 323 g/mol. The Morgan fingerprint density at radius 3 is 2.91 bits per heavy atom. The van der Waals surface area contributed by atoms with E-state index in [4.69, 9.17) is 0 Å². The fourth-order valence-corrected chi connectivity index (χ4v) is 3.56. The van der Waals surface area contributed by atoms with Gasteiger partial charge in [-0.25, -0.2) is 14.4 Å². The molecule has 0 saturated carbocycles. The number of likely N-dealkylation sites (N-methyl/N-ethyl adjacent to an activating group) is 1. The van der Waals surface area contributed by atoms with E-state index in [0.29, 0.717) is 15.8 Å². The molecule has 22 heavy (non-hydrogen) atoms. The van der Waals surface area contributed by atoms with Crippen molar-refractivity contribution in [3.05, 3.63) is 35.1 Å². The minimum absolute atomic E-state index is 0.125. The van der Waals surface area contributed by atoms with Crippen LogP contribution >= 0.6 is 22.7 Å². The van der Waals surface area contributed by atoms with E-state index >= 15 is 0 Å². The molecule has 2 heterocycles. The van der Waals surface area contributed by atoms with Crippen molar-refractivity contribution in [2.75, 3.05) is 23.8 Å². The second-order valence-electron chi connectivity index (χ2n) is 4.78. The van der Waals surface area contributed by atoms with Crippen molar-refractivity contribution < 1.29 is 9.18 Å². The molecule has 0 radical (unpaired) electrons. The molecule has 2 aromatic heterocycles. The van der Waals surface area contributed by atoms with Crippen LogP contribution in [0.25, 0.3) is 10.2 Å². The van der Waals surface area contributed by atoms with E-state index in [1.165, 1.54) is 28.7 Å². The van der Waals surface area contributed by atoms with Gasteiger partial charge in [-0.2, -0.15) is 0 Å². The van der Waals surface area contributed by atoms with Gasteiger partial charge in [0, 0.05) is 12.4 Å². The smallest absolute Gasteiger partial charge is 0.245 e. The third-order valence-corrected chi connectivity index (χ3v) is 4.94. The highest BCUT2D eigenvalue weighted by Crippen LogP contribution is 2.29. The summed E-state index contributed by atoms with van der Waals surface area (Å²) in [5, 5.41) is 5.79. The van der Waals surface area contributed by atoms with E-state index in [1.807, 2.05) is 18.4 Å². The number of benzene rings is 1. The summed E-state index contributed by atoms with van der Waals surface area (Å²) in [7, 11) is 1.75. The van der Waals surface area contributed by atoms with Gasteiger partial charge >= 0.3 is 0 Å². The summed E-state index contributed by atoms with van der Waals surface area (Å²) in [6.07, 6.45) is 0. The molecule has 0 fully saturated rings. The van der Waals surface area contributed by atoms with Gasteiger partial charge < -0.3 is 10.2 Å². The first kappa shape index (κ1) is 14.9. The number of halogens is 1. The normalized spacial score (nSPS) is 10.9. The number of rotatable bonds is 4. The van der Waals surface area contributed by atoms with Crippen LogP contribution in [0, 0.1) is 12.7 Å². The van der Waals surface area contributed by atoms with Crippen molar-refractivity contribution in [1.29, 1.82) is 0 Å². The number of carbonyl (C=O) groups is 1. The fourth-order valence-electron chi connectivity index (χ4n) is 1.92. The second-order valence-corrected chi connectivity index (χ2v) is 6.65. The van der Waals surface area contributed by atoms with Gasteiger partial charge in [-0.3, -0.25) is 4.79 Å². The van der Waals surface area contributed by atoms with Crippen molar-refractivity contribution in [3.8, 4) is 0 Å². The predicted octanol–water partition coefficient (Wildman–Crippen LogP) is 3.28. The monoisotopic (exact) mass is 336 g/mol. The van der Waals surface area contributed by atoms with Crippen LogP contribution in [0.3, 0.4) is 0 Å². The summed E-state index contributed by atoms with van der Waals surface area (Å²) in [5.41, 5.74) is 1.21. The zero-order chi connectivity index (χ0) is 15.7. The number of hydrogen-bond acceptors (Lipinski definition) is 6. The third kappa shape index (κ3) is 3.07. The van der Waals surface area contributed by atoms with Crippen molar-refractivity contribution in [2.24, 2.45) is 0 Å². The van der Waals surface area contributed by atoms with E-state index in [1.54, 1.807) is 18.0 Å². The quantitative estimate of drug-likeness (QED) is 0.794. The lowest BCUT2D eigenvalue weighted by Crippen LogP contribution is -2.29. The number of aryl methyl sites for hydroxylation is 1. The predicted molar refractivity (Wildman–Crippen MR) is 88.3 cm³/mol. The van der Waals surface area contributed by atoms with Gasteiger partial charge in [0.15, 0.2) is 10.3 Å². The summed E-state index contributed by atoms with van der Waals surface area (Å²) in [6, 6.07) is 4.84. The molecule has 0 bridgehead atoms. The van der Waals surface area contributed by atoms with Crippen LogP contribution in [0.4, 0.5) is 14.7 Å². The first-order valence-corrected chi connectivity index (χ1v) is 8.21. The van der Waals surface area contributed by atoms with Crippen LogP contribution < -0.4 is 10.2 Å². The van der Waals surface area contributed by atoms with Gasteiger partial charge in [0.25, 0.3) is 0 Å². The van der Waals surface area contributed by atoms with Crippen LogP contribution in [-0.4, -0.2) is 29.5 Å². The molecule has 0 aliphatic heterocycles. The summed E-state index contributed by atoms with van der Waals surface area (Å²) < 4.78 is 14.4. The molecule has 0 aliphatic carbocycles. The Kier molecular flexibility index (Phi) is 4.04. The lowest BCUT2D eigenvalue weighted by molar-refractivity contribution is -0.114. The van der Waals surface area contributed by atoms with Crippen molar-refractivity contribution in [1.82, 2.24) is 9.97 Å². The number of fused-ring (bicyclic) bond motifs is 1. The summed E-state index contributed by atoms with van der Waals surface area (Å²) >= 11 is 2.74. The van der Waals surface area contributed by atoms with E-state index in [0.717, 1.165) is 10.4 Å². The van der Waals surface area contributed by atoms with Crippen LogP contribution in [0.5, 0.6) is 0 Å². The maximum Gasteiger partial charge on any atom is 0.245 e. The Balaban J connectivity index is 1.71. The molecule has 3 aromatic rings. The molecule has 1 N–H and O–H groups in total. The van der Waals surface area contributed by atoms with Crippen LogP contribution in [0.15, 0.2) is 23.6 Å². The molecule has 0 saturated heterocycles. The van der Waals surface area contributed by atoms with E-state index in [-0.39, 0.29) is 18.3 Å². The van der Waals surface area contributed by atoms with Crippen LogP contribution in [0.1, 0.15) is 5.69 Å². The number of thiazole rings is 2. The molecule has 1 aromatic carbocycles. The largest absolute Gasteiger partial charge is 0.342 e. The first-order chi connectivity index (χ1) is 10.5. The van der Waals surface area contributed by atoms with Crippen molar-refractivity contribution in [3.63, 3.8) is 0 Å². The molecule has 0 aliphatic rings. The van der Waals surface area contributed by atoms with Gasteiger partial charge in [-0.1, -0.05) is 17.4 Å². The summed E-state index contributed by atoms with van der Waals surface area (Å²) in [4.78, 5) is 22.1. The SMILES string of the molecule is Cc1csc(NC(=O)CN(C)c2nc3c(F)cccc3s2)n1. The van der Waals surface area contributed by atoms with E-state index < -0.39 is 0 Å². The number of hydrogen-bond donors (Lipinski definition) is 1. The number of carbonyl (C=O) groups excluding carboxylic acids is 1. The lowest BCUT2D eigenvalue weighted by Gasteiger charge is -2.14. The van der Waals surface area contributed by atoms with E-state index in [2.05, 4.69) is 15.3 Å². The number of nitrogens with zero attached hydrogens (tertiary/aromatic N) is 3. The molecule has 114 valence electrons. The zero-order valence-corrected chi connectivity index (χ0v) is 13.6. The molecule has 8 heteroatoms. The van der Waals surface area contributed by atoms with Gasteiger partial charge in [0.05, 0.1) is 16.9 Å². The second kappa shape index (κ2) is 5.98. The Morgan fingerprint density at radius 2 is 2.23 bits per heavy atom. The van der Waals surface area contributed by atoms with E-state index in [9.17, 15) is 9.18 Å². The van der Waals surface area contributed by atoms with Gasteiger partial charge in [-0.15, -0.1) is 11.3 Å². The Labute approximate surface area is 134 Å². The van der Waals surface area contributed by atoms with Gasteiger partial charge in [0.1, 0.15) is 11.3 Å². The number of para-hydroxylation sites is 1. The minimum Gasteiger partial charge on any atom is -0.342 e. The van der Waals surface area contributed by atoms with Crippen molar-refractivity contribution >= 4 is 49.1 Å². The van der Waals surface area contributed by atoms with Gasteiger partial charge in [-0.05, 0) is 19.1 Å². The zero-order valence-electron chi connectivity index (χ0n) is 12.0. The number of anilines is 2. The molecular formula is C14H13FN4OS2. The molecule has 0 atom stereocenters. The molecule has 0 unspecified atom stereocenters. The Bertz CT molecular complexity index is 829. The highest BCUT2D eigenvalue weighted by molar-refractivity contribution is 7.22. The number of aromatic nitrogens is 2. The highest BCUT2D eigenvalue weighted by Gasteiger charge is 2.14. The minimum atomic E-state index is -0.351. The van der Waals surface area contributed by atoms with Gasteiger partial charge in [0.2, 0.25) is 5.91 Å². The lowest BCUT2D eigenvalue weighted by atomic mass is 10.3. The number of amides is 1. The summed E-state index contributed by atoms with van der Waals surface area (Å²) in [6.45, 7) is 1.99. The average molecular weight is 336 g/mol. The summed E-state index contributed by atoms with van der Waals surface area (Å²) in [5.74, 6) is -0.535. The standard InChI is InChI=1S/C14H13FN4OS2/c1-8-7-21-13(16-8)17-11(20)6-19(2)14-18-12-9(15)4-3-5-10(12)22-14/h3-5,7H,6H2,1-2H3,(H,16,17,20). The number of nitrogens with one attached hydrogen (secondary N) is 1. The fraction of sp³-hybridized carbons (Fsp3) is 0.214. The Morgan fingerprint density at radius 1 is 1.41 bits per heavy atom. The molecule has 3 rings (SSSR count). The van der Waals surface area contributed by atoms with Crippen LogP contribution in [0.2, 0.25) is 0 Å². The van der Waals surface area contributed by atoms with Crippen molar-refractivity contribution in [2.45, 2.75) is 6.92 Å². The first-order valence-electron chi connectivity index (χ1n) is 6.51. The molecule has 1 amide bonds. The van der Waals surface area contributed by atoms with Crippen LogP contribution in [-0.2, 0) is 4.79 Å². The maximum absolute atomic E-state index is 13.7. The Hall–Kier alpha value is -2.06. The third-order valence-electron chi connectivity index (χ3n) is 2.93. The molecule has 0 spiro atoms. The highest BCUT2D eigenvalue weighted by atomic mass is 32.1. The average Bonchev–Trinajstić information content (AvgIpc) is 3.06. The maximum atomic E-state index is 13.7. The molecule has 5 nitrogen and oxygen atoms in total.